The molecule has 0 saturated carbocycles. The fourth-order valence-electron chi connectivity index (χ4n) is 4.96. The minimum absolute atomic E-state index is 0.0950. The average Bonchev–Trinajstić information content (AvgIpc) is 3.31. The third-order valence-corrected chi connectivity index (χ3v) is 6.75. The number of aryl methyl sites for hydroxylation is 1. The summed E-state index contributed by atoms with van der Waals surface area (Å²) < 4.78 is 21.2. The van der Waals surface area contributed by atoms with Crippen molar-refractivity contribution in [1.29, 1.82) is 0 Å². The first-order valence-electron chi connectivity index (χ1n) is 11.6. The van der Waals surface area contributed by atoms with E-state index in [1.807, 2.05) is 42.0 Å². The lowest BCUT2D eigenvalue weighted by Gasteiger charge is -2.48. The molecular weight excluding hydrogens is 447 g/mol. The van der Waals surface area contributed by atoms with Crippen molar-refractivity contribution in [1.82, 2.24) is 14.5 Å². The zero-order chi connectivity index (χ0) is 24.6. The summed E-state index contributed by atoms with van der Waals surface area (Å²) in [4.78, 5) is 23.8. The fraction of sp³-hybridized carbons (Fsp3) is 0.296. The van der Waals surface area contributed by atoms with E-state index >= 15 is 0 Å². The van der Waals surface area contributed by atoms with Crippen molar-refractivity contribution in [2.24, 2.45) is 4.99 Å². The number of piperidine rings is 1. The number of carbonyl (C=O) groups is 1. The predicted octanol–water partition coefficient (Wildman–Crippen LogP) is 4.02. The van der Waals surface area contributed by atoms with Crippen LogP contribution in [-0.4, -0.2) is 51.6 Å². The number of hydrogen-bond donors (Lipinski definition) is 1. The van der Waals surface area contributed by atoms with Gasteiger partial charge in [-0.25, -0.2) is 9.37 Å². The molecule has 35 heavy (non-hydrogen) atoms. The molecule has 2 aliphatic rings. The van der Waals surface area contributed by atoms with Crippen molar-refractivity contribution in [3.05, 3.63) is 83.2 Å². The van der Waals surface area contributed by atoms with Gasteiger partial charge in [-0.1, -0.05) is 18.2 Å². The molecule has 3 heterocycles. The molecular formula is C27H27FN4O3. The number of carbonyl (C=O) groups excluding carboxylic acids is 1. The van der Waals surface area contributed by atoms with E-state index in [9.17, 15) is 14.3 Å². The summed E-state index contributed by atoms with van der Waals surface area (Å²) in [6, 6.07) is 11.9. The maximum atomic E-state index is 13.6. The summed E-state index contributed by atoms with van der Waals surface area (Å²) in [7, 11) is 1.63. The molecule has 0 radical (unpaired) electrons. The number of halogens is 1. The summed E-state index contributed by atoms with van der Waals surface area (Å²) in [6.45, 7) is 2.11. The quantitative estimate of drug-likeness (QED) is 0.606. The fourth-order valence-corrected chi connectivity index (χ4v) is 4.96. The van der Waals surface area contributed by atoms with Crippen LogP contribution in [0.25, 0.3) is 11.8 Å². The number of benzene rings is 2. The Morgan fingerprint density at radius 3 is 2.69 bits per heavy atom. The predicted molar refractivity (Wildman–Crippen MR) is 131 cm³/mol. The van der Waals surface area contributed by atoms with Gasteiger partial charge < -0.3 is 14.4 Å². The number of aliphatic imine (C=N–C) groups is 1. The lowest BCUT2D eigenvalue weighted by atomic mass is 9.81. The Morgan fingerprint density at radius 1 is 1.20 bits per heavy atom. The minimum Gasteiger partial charge on any atom is -0.495 e. The van der Waals surface area contributed by atoms with E-state index in [4.69, 9.17) is 9.73 Å². The Balaban J connectivity index is 1.53. The number of amidine groups is 1. The van der Waals surface area contributed by atoms with E-state index < -0.39 is 5.54 Å². The molecule has 3 aromatic rings. The maximum absolute atomic E-state index is 13.6. The van der Waals surface area contributed by atoms with Gasteiger partial charge in [-0.05, 0) is 66.8 Å². The van der Waals surface area contributed by atoms with Crippen molar-refractivity contribution >= 4 is 17.8 Å². The molecule has 0 aliphatic carbocycles. The highest BCUT2D eigenvalue weighted by molar-refractivity contribution is 6.13. The molecule has 1 N–H and O–H groups in total. The summed E-state index contributed by atoms with van der Waals surface area (Å²) >= 11 is 0. The molecule has 5 rings (SSSR count). The second kappa shape index (κ2) is 9.11. The van der Waals surface area contributed by atoms with E-state index in [2.05, 4.69) is 4.98 Å². The summed E-state index contributed by atoms with van der Waals surface area (Å²) in [6.07, 6.45) is 7.01. The van der Waals surface area contributed by atoms with Gasteiger partial charge in [0.25, 0.3) is 0 Å². The number of methoxy groups -OCH3 is 1. The van der Waals surface area contributed by atoms with Gasteiger partial charge in [0.2, 0.25) is 5.91 Å². The SMILES string of the molecule is COc1cc(C=C2CCC(=O)N3C2=NCCC3(CO)c2ccc(F)cc2)ccc1-n1cnc(C)c1. The second-order valence-corrected chi connectivity index (χ2v) is 8.90. The number of ether oxygens (including phenoxy) is 1. The molecule has 1 amide bonds. The van der Waals surface area contributed by atoms with Gasteiger partial charge in [-0.2, -0.15) is 0 Å². The molecule has 7 nitrogen and oxygen atoms in total. The monoisotopic (exact) mass is 474 g/mol. The average molecular weight is 475 g/mol. The maximum Gasteiger partial charge on any atom is 0.229 e. The van der Waals surface area contributed by atoms with Crippen LogP contribution in [0.15, 0.2) is 65.6 Å². The summed E-state index contributed by atoms with van der Waals surface area (Å²) in [5.41, 5.74) is 3.34. The first-order valence-corrected chi connectivity index (χ1v) is 11.6. The van der Waals surface area contributed by atoms with E-state index in [0.29, 0.717) is 43.0 Å². The third-order valence-electron chi connectivity index (χ3n) is 6.75. The molecule has 0 spiro atoms. The molecule has 180 valence electrons. The van der Waals surface area contributed by atoms with Gasteiger partial charge >= 0.3 is 0 Å². The molecule has 2 aromatic carbocycles. The standard InChI is InChI=1S/C27H27FN4O3/c1-18-15-31(17-30-18)23-9-3-19(14-24(23)35-2)13-20-4-10-25(34)32-26(20)29-12-11-27(32,16-33)21-5-7-22(28)8-6-21/h3,5-9,13-15,17,33H,4,10-12,16H2,1-2H3. The molecule has 1 unspecified atom stereocenters. The zero-order valence-corrected chi connectivity index (χ0v) is 19.7. The van der Waals surface area contributed by atoms with Crippen molar-refractivity contribution in [2.75, 3.05) is 20.3 Å². The third kappa shape index (κ3) is 4.04. The normalized spacial score (nSPS) is 21.1. The van der Waals surface area contributed by atoms with Gasteiger partial charge in [-0.15, -0.1) is 0 Å². The summed E-state index contributed by atoms with van der Waals surface area (Å²) in [5, 5.41) is 10.5. The van der Waals surface area contributed by atoms with Crippen molar-refractivity contribution in [3.8, 4) is 11.4 Å². The van der Waals surface area contributed by atoms with Crippen molar-refractivity contribution < 1.29 is 19.0 Å². The molecule has 8 heteroatoms. The Morgan fingerprint density at radius 2 is 2.00 bits per heavy atom. The lowest BCUT2D eigenvalue weighted by molar-refractivity contribution is -0.135. The number of amides is 1. The number of hydrogen-bond acceptors (Lipinski definition) is 5. The van der Waals surface area contributed by atoms with Crippen LogP contribution in [0.2, 0.25) is 0 Å². The van der Waals surface area contributed by atoms with E-state index in [-0.39, 0.29) is 18.3 Å². The molecule has 0 bridgehead atoms. The van der Waals surface area contributed by atoms with Gasteiger partial charge in [-0.3, -0.25) is 14.7 Å². The highest BCUT2D eigenvalue weighted by Crippen LogP contribution is 2.40. The molecule has 1 fully saturated rings. The minimum atomic E-state index is -0.970. The summed E-state index contributed by atoms with van der Waals surface area (Å²) in [5.74, 6) is 0.809. The Labute approximate surface area is 203 Å². The molecule has 2 aliphatic heterocycles. The Hall–Kier alpha value is -3.78. The first kappa shape index (κ1) is 23.0. The van der Waals surface area contributed by atoms with Gasteiger partial charge in [0.05, 0.1) is 37.0 Å². The molecule has 1 atom stereocenters. The number of aliphatic hydroxyl groups is 1. The van der Waals surface area contributed by atoms with E-state index in [1.54, 1.807) is 30.5 Å². The largest absolute Gasteiger partial charge is 0.495 e. The smallest absolute Gasteiger partial charge is 0.229 e. The molecule has 1 aromatic heterocycles. The number of fused-ring (bicyclic) bond motifs is 1. The lowest BCUT2D eigenvalue weighted by Crippen LogP contribution is -2.59. The van der Waals surface area contributed by atoms with Crippen LogP contribution >= 0.6 is 0 Å². The van der Waals surface area contributed by atoms with Crippen molar-refractivity contribution in [3.63, 3.8) is 0 Å². The van der Waals surface area contributed by atoms with Gasteiger partial charge in [0, 0.05) is 19.2 Å². The molecule has 1 saturated heterocycles. The zero-order valence-electron chi connectivity index (χ0n) is 19.7. The second-order valence-electron chi connectivity index (χ2n) is 8.90. The Bertz CT molecular complexity index is 1330. The van der Waals surface area contributed by atoms with Crippen LogP contribution in [-0.2, 0) is 10.3 Å². The number of aromatic nitrogens is 2. The number of rotatable bonds is 5. The highest BCUT2D eigenvalue weighted by atomic mass is 19.1. The van der Waals surface area contributed by atoms with Crippen molar-refractivity contribution in [2.45, 2.75) is 31.7 Å². The van der Waals surface area contributed by atoms with Gasteiger partial charge in [0.15, 0.2) is 0 Å². The Kier molecular flexibility index (Phi) is 5.98. The first-order chi connectivity index (χ1) is 16.9. The van der Waals surface area contributed by atoms with E-state index in [0.717, 1.165) is 22.5 Å². The van der Waals surface area contributed by atoms with Crippen LogP contribution in [0.1, 0.15) is 36.1 Å². The van der Waals surface area contributed by atoms with E-state index in [1.165, 1.54) is 12.1 Å². The van der Waals surface area contributed by atoms with Crippen LogP contribution in [0.5, 0.6) is 5.75 Å². The highest BCUT2D eigenvalue weighted by Gasteiger charge is 2.47. The number of aliphatic hydroxyl groups excluding tert-OH is 1. The number of nitrogens with zero attached hydrogens (tertiary/aromatic N) is 4. The topological polar surface area (TPSA) is 80.0 Å². The van der Waals surface area contributed by atoms with Crippen LogP contribution in [0.3, 0.4) is 0 Å². The van der Waals surface area contributed by atoms with Gasteiger partial charge in [0.1, 0.15) is 17.4 Å². The van der Waals surface area contributed by atoms with Crippen LogP contribution in [0.4, 0.5) is 4.39 Å². The number of imidazole rings is 1. The van der Waals surface area contributed by atoms with Crippen LogP contribution in [0, 0.1) is 12.7 Å². The van der Waals surface area contributed by atoms with Crippen LogP contribution < -0.4 is 4.74 Å².